The summed E-state index contributed by atoms with van der Waals surface area (Å²) in [6.07, 6.45) is -3.87. The lowest BCUT2D eigenvalue weighted by Crippen LogP contribution is -2.30. The molecule has 1 fully saturated rings. The maximum atomic E-state index is 15.2. The van der Waals surface area contributed by atoms with Gasteiger partial charge >= 0.3 is 6.09 Å². The number of rotatable bonds is 6. The molecule has 2 aliphatic heterocycles. The van der Waals surface area contributed by atoms with E-state index in [2.05, 4.69) is 4.98 Å². The highest BCUT2D eigenvalue weighted by atomic mass is 19.3. The Labute approximate surface area is 201 Å². The van der Waals surface area contributed by atoms with Gasteiger partial charge in [0.1, 0.15) is 11.8 Å². The summed E-state index contributed by atoms with van der Waals surface area (Å²) in [6, 6.07) is 5.35. The number of nitrogens with zero attached hydrogens (tertiary/aromatic N) is 5. The molecule has 190 valence electrons. The second-order valence-corrected chi connectivity index (χ2v) is 8.59. The first-order valence-electron chi connectivity index (χ1n) is 11.3. The summed E-state index contributed by atoms with van der Waals surface area (Å²) in [4.78, 5) is 42.8. The van der Waals surface area contributed by atoms with E-state index < -0.39 is 42.5 Å². The van der Waals surface area contributed by atoms with Gasteiger partial charge in [-0.15, -0.1) is 0 Å². The number of carbonyl (C=O) groups is 2. The molecule has 2 aliphatic rings. The lowest BCUT2D eigenvalue weighted by Gasteiger charge is -2.24. The highest BCUT2D eigenvalue weighted by Crippen LogP contribution is 2.32. The standard InChI is InChI=1S/C23H21F4N5O4/c24-16-10-13(30-12-14(36-23(30)35)3-4-18(33)20(26)27)11-17(25)19(16)29-6-8-31-21-15(2-1-5-28-21)22(34)32(31)9-7-29/h1-2,5,10-11,14,20H,3-4,6-9,12H2/t14-/m0/s1. The van der Waals surface area contributed by atoms with Gasteiger partial charge in [-0.05, 0) is 18.6 Å². The molecule has 0 N–H and O–H groups in total. The minimum Gasteiger partial charge on any atom is -0.444 e. The van der Waals surface area contributed by atoms with Crippen LogP contribution in [0, 0.1) is 11.6 Å². The molecule has 36 heavy (non-hydrogen) atoms. The zero-order valence-corrected chi connectivity index (χ0v) is 18.9. The smallest absolute Gasteiger partial charge is 0.414 e. The number of amides is 1. The molecule has 1 atom stereocenters. The van der Waals surface area contributed by atoms with E-state index in [4.69, 9.17) is 4.74 Å². The summed E-state index contributed by atoms with van der Waals surface area (Å²) < 4.78 is 63.4. The van der Waals surface area contributed by atoms with Crippen LogP contribution in [-0.4, -0.2) is 58.4 Å². The van der Waals surface area contributed by atoms with Crippen molar-refractivity contribution in [3.05, 3.63) is 52.5 Å². The Balaban J connectivity index is 1.33. The number of ketones is 1. The third-order valence-corrected chi connectivity index (χ3v) is 6.41. The van der Waals surface area contributed by atoms with E-state index in [1.54, 1.807) is 23.0 Å². The largest absolute Gasteiger partial charge is 0.444 e. The van der Waals surface area contributed by atoms with Crippen LogP contribution >= 0.6 is 0 Å². The Kier molecular flexibility index (Phi) is 6.14. The number of hydrogen-bond donors (Lipinski definition) is 0. The summed E-state index contributed by atoms with van der Waals surface area (Å²) in [5, 5.41) is 0.474. The predicted octanol–water partition coefficient (Wildman–Crippen LogP) is 2.94. The van der Waals surface area contributed by atoms with Crippen molar-refractivity contribution in [3.63, 3.8) is 0 Å². The van der Waals surface area contributed by atoms with Crippen molar-refractivity contribution in [1.29, 1.82) is 0 Å². The van der Waals surface area contributed by atoms with Crippen molar-refractivity contribution in [3.8, 4) is 0 Å². The van der Waals surface area contributed by atoms with Gasteiger partial charge in [-0.25, -0.2) is 32.0 Å². The SMILES string of the molecule is O=C(CC[C@H]1CN(c2cc(F)c(N3CCn4c(=O)c5cccnc5n4CC3)c(F)c2)C(=O)O1)C(F)F. The fourth-order valence-electron chi connectivity index (χ4n) is 4.65. The molecular weight excluding hydrogens is 486 g/mol. The van der Waals surface area contributed by atoms with Crippen LogP contribution in [0.25, 0.3) is 11.0 Å². The Morgan fingerprint density at radius 2 is 1.78 bits per heavy atom. The molecular formula is C23H21F4N5O4. The van der Waals surface area contributed by atoms with Crippen LogP contribution in [0.5, 0.6) is 0 Å². The van der Waals surface area contributed by atoms with Gasteiger partial charge in [0, 0.05) is 37.8 Å². The van der Waals surface area contributed by atoms with Crippen LogP contribution in [0.2, 0.25) is 0 Å². The highest BCUT2D eigenvalue weighted by Gasteiger charge is 2.34. The molecule has 5 rings (SSSR count). The van der Waals surface area contributed by atoms with Crippen LogP contribution < -0.4 is 15.4 Å². The molecule has 3 aromatic rings. The number of anilines is 2. The first-order chi connectivity index (χ1) is 17.2. The third-order valence-electron chi connectivity index (χ3n) is 6.41. The van der Waals surface area contributed by atoms with E-state index in [1.807, 2.05) is 0 Å². The van der Waals surface area contributed by atoms with E-state index in [0.29, 0.717) is 11.0 Å². The van der Waals surface area contributed by atoms with Crippen molar-refractivity contribution in [2.24, 2.45) is 0 Å². The quantitative estimate of drug-likeness (QED) is 0.477. The van der Waals surface area contributed by atoms with Gasteiger partial charge in [-0.3, -0.25) is 19.2 Å². The monoisotopic (exact) mass is 507 g/mol. The van der Waals surface area contributed by atoms with Gasteiger partial charge < -0.3 is 9.64 Å². The first kappa shape index (κ1) is 23.8. The van der Waals surface area contributed by atoms with Gasteiger partial charge in [0.2, 0.25) is 0 Å². The summed E-state index contributed by atoms with van der Waals surface area (Å²) >= 11 is 0. The summed E-state index contributed by atoms with van der Waals surface area (Å²) in [6.45, 7) is 0.700. The number of halogens is 4. The molecule has 13 heteroatoms. The number of aromatic nitrogens is 3. The van der Waals surface area contributed by atoms with E-state index in [-0.39, 0.29) is 56.1 Å². The lowest BCUT2D eigenvalue weighted by atomic mass is 10.1. The van der Waals surface area contributed by atoms with Gasteiger partial charge in [-0.2, -0.15) is 0 Å². The Hall–Kier alpha value is -3.90. The number of cyclic esters (lactones) is 1. The molecule has 2 aromatic heterocycles. The second kappa shape index (κ2) is 9.28. The average Bonchev–Trinajstić information content (AvgIpc) is 3.25. The molecule has 0 unspecified atom stereocenters. The number of pyridine rings is 1. The third kappa shape index (κ3) is 4.18. The Morgan fingerprint density at radius 3 is 2.47 bits per heavy atom. The Bertz CT molecular complexity index is 1380. The maximum Gasteiger partial charge on any atom is 0.414 e. The van der Waals surface area contributed by atoms with Crippen molar-refractivity contribution in [1.82, 2.24) is 14.3 Å². The molecule has 0 bridgehead atoms. The van der Waals surface area contributed by atoms with E-state index >= 15 is 8.78 Å². The number of fused-ring (bicyclic) bond motifs is 3. The molecule has 0 aliphatic carbocycles. The molecule has 1 saturated heterocycles. The van der Waals surface area contributed by atoms with Gasteiger partial charge in [0.25, 0.3) is 12.0 Å². The summed E-state index contributed by atoms with van der Waals surface area (Å²) in [7, 11) is 0. The van der Waals surface area contributed by atoms with Crippen LogP contribution in [0.3, 0.4) is 0 Å². The number of carbonyl (C=O) groups excluding carboxylic acids is 2. The average molecular weight is 507 g/mol. The molecule has 0 spiro atoms. The minimum atomic E-state index is -3.11. The molecule has 1 amide bonds. The summed E-state index contributed by atoms with van der Waals surface area (Å²) in [5.41, 5.74) is -0.109. The molecule has 0 saturated carbocycles. The van der Waals surface area contributed by atoms with E-state index in [9.17, 15) is 23.2 Å². The van der Waals surface area contributed by atoms with Crippen molar-refractivity contribution >= 4 is 34.3 Å². The van der Waals surface area contributed by atoms with Gasteiger partial charge in [0.05, 0.1) is 30.7 Å². The number of Topliss-reactive ketones (excluding diaryl/α,β-unsaturated/α-hetero) is 1. The van der Waals surface area contributed by atoms with E-state index in [0.717, 1.165) is 17.0 Å². The van der Waals surface area contributed by atoms with Crippen LogP contribution in [0.1, 0.15) is 12.8 Å². The first-order valence-corrected chi connectivity index (χ1v) is 11.3. The fourth-order valence-corrected chi connectivity index (χ4v) is 4.65. The second-order valence-electron chi connectivity index (χ2n) is 8.59. The molecule has 4 heterocycles. The van der Waals surface area contributed by atoms with Crippen LogP contribution in [0.4, 0.5) is 33.7 Å². The van der Waals surface area contributed by atoms with Crippen LogP contribution in [0.15, 0.2) is 35.3 Å². The van der Waals surface area contributed by atoms with E-state index in [1.165, 1.54) is 9.58 Å². The van der Waals surface area contributed by atoms with Crippen molar-refractivity contribution in [2.75, 3.05) is 29.4 Å². The summed E-state index contributed by atoms with van der Waals surface area (Å²) in [5.74, 6) is -3.08. The number of benzene rings is 1. The number of ether oxygens (including phenoxy) is 1. The van der Waals surface area contributed by atoms with Gasteiger partial charge in [0.15, 0.2) is 23.1 Å². The molecule has 0 radical (unpaired) electrons. The lowest BCUT2D eigenvalue weighted by molar-refractivity contribution is -0.129. The minimum absolute atomic E-state index is 0.0890. The molecule has 9 nitrogen and oxygen atoms in total. The van der Waals surface area contributed by atoms with Crippen LogP contribution in [-0.2, 0) is 22.6 Å². The number of hydrogen-bond acceptors (Lipinski definition) is 6. The normalized spacial score (nSPS) is 18.0. The zero-order chi connectivity index (χ0) is 25.6. The van der Waals surface area contributed by atoms with Gasteiger partial charge in [-0.1, -0.05) is 0 Å². The fraction of sp³-hybridized carbons (Fsp3) is 0.391. The van der Waals surface area contributed by atoms with Crippen molar-refractivity contribution < 1.29 is 31.9 Å². The maximum absolute atomic E-state index is 15.2. The highest BCUT2D eigenvalue weighted by molar-refractivity contribution is 5.90. The van der Waals surface area contributed by atoms with Crippen molar-refractivity contribution in [2.45, 2.75) is 38.5 Å². The number of alkyl halides is 2. The Morgan fingerprint density at radius 1 is 1.08 bits per heavy atom. The predicted molar refractivity (Wildman–Crippen MR) is 120 cm³/mol. The molecule has 1 aromatic carbocycles. The topological polar surface area (TPSA) is 89.7 Å². The zero-order valence-electron chi connectivity index (χ0n) is 18.9.